The standard InChI is InChI=1S/C13H18BrFN2O.ClH/c1-8(2)13(3,7-16)17-12(18)9-4-10(14)6-11(15)5-9;/h4-6,8H,7,16H2,1-3H3,(H,17,18);1H. The van der Waals surface area contributed by atoms with E-state index >= 15 is 0 Å². The van der Waals surface area contributed by atoms with Gasteiger partial charge in [-0.05, 0) is 31.0 Å². The van der Waals surface area contributed by atoms with Crippen LogP contribution in [-0.4, -0.2) is 18.0 Å². The van der Waals surface area contributed by atoms with Gasteiger partial charge in [-0.15, -0.1) is 12.4 Å². The molecule has 1 aromatic carbocycles. The Morgan fingerprint density at radius 3 is 2.47 bits per heavy atom. The highest BCUT2D eigenvalue weighted by Crippen LogP contribution is 2.18. The highest BCUT2D eigenvalue weighted by atomic mass is 79.9. The number of nitrogens with one attached hydrogen (secondary N) is 1. The molecular formula is C13H19BrClFN2O. The van der Waals surface area contributed by atoms with Crippen molar-refractivity contribution in [2.75, 3.05) is 6.54 Å². The van der Waals surface area contributed by atoms with Crippen molar-refractivity contribution in [2.45, 2.75) is 26.3 Å². The first kappa shape index (κ1) is 18.4. The van der Waals surface area contributed by atoms with Crippen molar-refractivity contribution in [3.63, 3.8) is 0 Å². The van der Waals surface area contributed by atoms with Gasteiger partial charge in [0, 0.05) is 16.6 Å². The summed E-state index contributed by atoms with van der Waals surface area (Å²) in [6, 6.07) is 4.09. The number of nitrogens with two attached hydrogens (primary N) is 1. The van der Waals surface area contributed by atoms with E-state index in [2.05, 4.69) is 21.2 Å². The second kappa shape index (κ2) is 7.22. The predicted molar refractivity (Wildman–Crippen MR) is 81.1 cm³/mol. The Kier molecular flexibility index (Phi) is 6.97. The normalized spacial score (nSPS) is 13.6. The Morgan fingerprint density at radius 2 is 2.05 bits per heavy atom. The van der Waals surface area contributed by atoms with Crippen molar-refractivity contribution >= 4 is 34.2 Å². The van der Waals surface area contributed by atoms with Gasteiger partial charge in [0.05, 0.1) is 5.54 Å². The molecule has 1 atom stereocenters. The van der Waals surface area contributed by atoms with Crippen molar-refractivity contribution in [3.8, 4) is 0 Å². The lowest BCUT2D eigenvalue weighted by atomic mass is 9.88. The molecule has 19 heavy (non-hydrogen) atoms. The van der Waals surface area contributed by atoms with Crippen molar-refractivity contribution in [1.29, 1.82) is 0 Å². The van der Waals surface area contributed by atoms with E-state index in [9.17, 15) is 9.18 Å². The van der Waals surface area contributed by atoms with Gasteiger partial charge < -0.3 is 11.1 Å². The van der Waals surface area contributed by atoms with Gasteiger partial charge in [0.1, 0.15) is 5.82 Å². The fourth-order valence-corrected chi connectivity index (χ4v) is 1.91. The summed E-state index contributed by atoms with van der Waals surface area (Å²) in [7, 11) is 0. The fourth-order valence-electron chi connectivity index (χ4n) is 1.45. The maximum Gasteiger partial charge on any atom is 0.251 e. The van der Waals surface area contributed by atoms with E-state index in [1.165, 1.54) is 12.1 Å². The van der Waals surface area contributed by atoms with Crippen LogP contribution in [0.15, 0.2) is 22.7 Å². The molecule has 1 rings (SSSR count). The van der Waals surface area contributed by atoms with E-state index in [0.717, 1.165) is 0 Å². The first-order valence-corrected chi connectivity index (χ1v) is 6.56. The molecule has 0 bridgehead atoms. The highest BCUT2D eigenvalue weighted by Gasteiger charge is 2.29. The van der Waals surface area contributed by atoms with Gasteiger partial charge in [-0.2, -0.15) is 0 Å². The third-order valence-electron chi connectivity index (χ3n) is 3.22. The van der Waals surface area contributed by atoms with Crippen molar-refractivity contribution in [2.24, 2.45) is 11.7 Å². The van der Waals surface area contributed by atoms with Crippen LogP contribution in [0.5, 0.6) is 0 Å². The molecule has 0 saturated carbocycles. The summed E-state index contributed by atoms with van der Waals surface area (Å²) >= 11 is 3.16. The van der Waals surface area contributed by atoms with E-state index in [0.29, 0.717) is 11.0 Å². The number of carbonyl (C=O) groups excluding carboxylic acids is 1. The lowest BCUT2D eigenvalue weighted by Gasteiger charge is -2.33. The van der Waals surface area contributed by atoms with Crippen molar-refractivity contribution in [1.82, 2.24) is 5.32 Å². The minimum Gasteiger partial charge on any atom is -0.345 e. The summed E-state index contributed by atoms with van der Waals surface area (Å²) in [6.45, 7) is 6.17. The largest absolute Gasteiger partial charge is 0.345 e. The third-order valence-corrected chi connectivity index (χ3v) is 3.68. The van der Waals surface area contributed by atoms with E-state index in [1.54, 1.807) is 6.07 Å². The quantitative estimate of drug-likeness (QED) is 0.874. The van der Waals surface area contributed by atoms with Crippen LogP contribution < -0.4 is 11.1 Å². The number of rotatable bonds is 4. The van der Waals surface area contributed by atoms with Gasteiger partial charge in [0.2, 0.25) is 0 Å². The van der Waals surface area contributed by atoms with Crippen LogP contribution in [0.25, 0.3) is 0 Å². The Balaban J connectivity index is 0.00000324. The number of hydrogen-bond donors (Lipinski definition) is 2. The average molecular weight is 354 g/mol. The maximum atomic E-state index is 13.2. The van der Waals surface area contributed by atoms with Crippen LogP contribution in [0.4, 0.5) is 4.39 Å². The molecule has 0 aliphatic rings. The molecule has 0 heterocycles. The fraction of sp³-hybridized carbons (Fsp3) is 0.462. The summed E-state index contributed by atoms with van der Waals surface area (Å²) in [5.74, 6) is -0.589. The Bertz CT molecular complexity index is 436. The molecule has 1 amide bonds. The van der Waals surface area contributed by atoms with Crippen LogP contribution in [0.3, 0.4) is 0 Å². The zero-order valence-corrected chi connectivity index (χ0v) is 13.6. The topological polar surface area (TPSA) is 55.1 Å². The molecule has 3 nitrogen and oxygen atoms in total. The van der Waals surface area contributed by atoms with E-state index in [1.807, 2.05) is 20.8 Å². The Labute approximate surface area is 127 Å². The molecule has 0 aliphatic carbocycles. The van der Waals surface area contributed by atoms with Gasteiger partial charge in [-0.1, -0.05) is 29.8 Å². The van der Waals surface area contributed by atoms with Crippen LogP contribution in [-0.2, 0) is 0 Å². The third kappa shape index (κ3) is 4.75. The average Bonchev–Trinajstić information content (AvgIpc) is 2.27. The smallest absolute Gasteiger partial charge is 0.251 e. The van der Waals surface area contributed by atoms with Crippen LogP contribution >= 0.6 is 28.3 Å². The summed E-state index contributed by atoms with van der Waals surface area (Å²) in [6.07, 6.45) is 0. The molecule has 1 aromatic rings. The minimum absolute atomic E-state index is 0. The molecule has 108 valence electrons. The first-order chi connectivity index (χ1) is 8.28. The van der Waals surface area contributed by atoms with Crippen molar-refractivity contribution < 1.29 is 9.18 Å². The SMILES string of the molecule is CC(C)C(C)(CN)NC(=O)c1cc(F)cc(Br)c1.Cl. The summed E-state index contributed by atoms with van der Waals surface area (Å²) in [5.41, 5.74) is 5.47. The summed E-state index contributed by atoms with van der Waals surface area (Å²) < 4.78 is 13.8. The molecule has 0 spiro atoms. The maximum absolute atomic E-state index is 13.2. The summed E-state index contributed by atoms with van der Waals surface area (Å²) in [5, 5.41) is 2.86. The summed E-state index contributed by atoms with van der Waals surface area (Å²) in [4.78, 5) is 12.1. The van der Waals surface area contributed by atoms with E-state index in [-0.39, 0.29) is 29.8 Å². The van der Waals surface area contributed by atoms with E-state index < -0.39 is 11.4 Å². The lowest BCUT2D eigenvalue weighted by molar-refractivity contribution is 0.0882. The monoisotopic (exact) mass is 352 g/mol. The number of amides is 1. The van der Waals surface area contributed by atoms with Crippen LogP contribution in [0, 0.1) is 11.7 Å². The molecule has 0 aliphatic heterocycles. The zero-order valence-electron chi connectivity index (χ0n) is 11.2. The number of carbonyl (C=O) groups is 1. The van der Waals surface area contributed by atoms with Gasteiger partial charge in [-0.25, -0.2) is 4.39 Å². The molecule has 0 radical (unpaired) electrons. The second-order valence-electron chi connectivity index (χ2n) is 4.89. The second-order valence-corrected chi connectivity index (χ2v) is 5.80. The molecule has 0 saturated heterocycles. The van der Waals surface area contributed by atoms with Gasteiger partial charge in [0.25, 0.3) is 5.91 Å². The lowest BCUT2D eigenvalue weighted by Crippen LogP contribution is -2.55. The van der Waals surface area contributed by atoms with Crippen LogP contribution in [0.2, 0.25) is 0 Å². The zero-order chi connectivity index (χ0) is 13.9. The molecular weight excluding hydrogens is 335 g/mol. The van der Waals surface area contributed by atoms with E-state index in [4.69, 9.17) is 5.73 Å². The first-order valence-electron chi connectivity index (χ1n) is 5.77. The van der Waals surface area contributed by atoms with Gasteiger partial charge >= 0.3 is 0 Å². The number of hydrogen-bond acceptors (Lipinski definition) is 2. The van der Waals surface area contributed by atoms with Crippen molar-refractivity contribution in [3.05, 3.63) is 34.1 Å². The molecule has 1 unspecified atom stereocenters. The Morgan fingerprint density at radius 1 is 1.47 bits per heavy atom. The predicted octanol–water partition coefficient (Wildman–Crippen LogP) is 3.11. The molecule has 0 aromatic heterocycles. The van der Waals surface area contributed by atoms with Gasteiger partial charge in [0.15, 0.2) is 0 Å². The molecule has 0 fully saturated rings. The molecule has 3 N–H and O–H groups in total. The van der Waals surface area contributed by atoms with Crippen LogP contribution in [0.1, 0.15) is 31.1 Å². The minimum atomic E-state index is -0.504. The Hall–Kier alpha value is -0.650. The van der Waals surface area contributed by atoms with Gasteiger partial charge in [-0.3, -0.25) is 4.79 Å². The number of benzene rings is 1. The number of halogens is 3. The molecule has 6 heteroatoms. The highest BCUT2D eigenvalue weighted by molar-refractivity contribution is 9.10.